The first-order valence-corrected chi connectivity index (χ1v) is 10.4. The Labute approximate surface area is 153 Å². The Bertz CT molecular complexity index is 787. The van der Waals surface area contributed by atoms with Crippen molar-refractivity contribution in [1.82, 2.24) is 4.90 Å². The van der Waals surface area contributed by atoms with Gasteiger partial charge in [0.25, 0.3) is 5.91 Å². The summed E-state index contributed by atoms with van der Waals surface area (Å²) >= 11 is 0. The smallest absolute Gasteiger partial charge is 0.342 e. The third-order valence-corrected chi connectivity index (χ3v) is 6.07. The van der Waals surface area contributed by atoms with E-state index in [0.717, 1.165) is 0 Å². The highest BCUT2D eigenvalue weighted by Gasteiger charge is 2.35. The van der Waals surface area contributed by atoms with Gasteiger partial charge in [-0.1, -0.05) is 26.0 Å². The van der Waals surface area contributed by atoms with E-state index in [4.69, 9.17) is 4.74 Å². The van der Waals surface area contributed by atoms with Gasteiger partial charge >= 0.3 is 5.97 Å². The van der Waals surface area contributed by atoms with Crippen LogP contribution in [0.1, 0.15) is 36.2 Å². The van der Waals surface area contributed by atoms with Crippen LogP contribution >= 0.6 is 0 Å². The van der Waals surface area contributed by atoms with E-state index >= 15 is 0 Å². The van der Waals surface area contributed by atoms with Crippen molar-refractivity contribution in [1.29, 1.82) is 0 Å². The van der Waals surface area contributed by atoms with Crippen LogP contribution in [0.5, 0.6) is 5.75 Å². The lowest BCUT2D eigenvalue weighted by Gasteiger charge is -2.29. The number of benzene rings is 1. The second kappa shape index (κ2) is 8.07. The molecule has 7 nitrogen and oxygen atoms in total. The molecule has 1 fully saturated rings. The molecule has 0 aliphatic carbocycles. The first kappa shape index (κ1) is 20.2. The fourth-order valence-corrected chi connectivity index (χ4v) is 4.71. The summed E-state index contributed by atoms with van der Waals surface area (Å²) in [6.07, 6.45) is 0.396. The topological polar surface area (TPSA) is 101 Å². The molecule has 1 aromatic carbocycles. The molecule has 8 heteroatoms. The minimum Gasteiger partial charge on any atom is -0.507 e. The van der Waals surface area contributed by atoms with Crippen LogP contribution in [0.25, 0.3) is 0 Å². The van der Waals surface area contributed by atoms with Crippen LogP contribution in [-0.2, 0) is 19.4 Å². The zero-order valence-electron chi connectivity index (χ0n) is 15.3. The van der Waals surface area contributed by atoms with Gasteiger partial charge in [0, 0.05) is 12.6 Å². The van der Waals surface area contributed by atoms with Crippen LogP contribution < -0.4 is 0 Å². The predicted octanol–water partition coefficient (Wildman–Crippen LogP) is 1.53. The number of sulfone groups is 1. The molecule has 1 atom stereocenters. The van der Waals surface area contributed by atoms with E-state index in [1.807, 2.05) is 13.8 Å². The lowest BCUT2D eigenvalue weighted by Crippen LogP contribution is -2.45. The summed E-state index contributed by atoms with van der Waals surface area (Å²) in [6, 6.07) is 4.30. The van der Waals surface area contributed by atoms with E-state index in [1.165, 1.54) is 11.0 Å². The summed E-state index contributed by atoms with van der Waals surface area (Å²) in [6.45, 7) is 5.42. The number of carbonyl (C=O) groups excluding carboxylic acids is 2. The number of phenols is 1. The molecule has 0 bridgehead atoms. The summed E-state index contributed by atoms with van der Waals surface area (Å²) in [7, 11) is -3.13. The van der Waals surface area contributed by atoms with Gasteiger partial charge in [0.05, 0.1) is 11.5 Å². The Morgan fingerprint density at radius 3 is 2.62 bits per heavy atom. The average Bonchev–Trinajstić information content (AvgIpc) is 2.92. The SMILES string of the molecule is Cc1cccc(C(=O)OCC(=O)N(CC(C)C)[C@H]2CCS(=O)(=O)C2)c1O. The van der Waals surface area contributed by atoms with Crippen LogP contribution in [0.2, 0.25) is 0 Å². The van der Waals surface area contributed by atoms with E-state index in [2.05, 4.69) is 0 Å². The highest BCUT2D eigenvalue weighted by molar-refractivity contribution is 7.91. The Morgan fingerprint density at radius 1 is 1.35 bits per heavy atom. The molecule has 1 aliphatic rings. The number of hydrogen-bond donors (Lipinski definition) is 1. The minimum absolute atomic E-state index is 0.00310. The van der Waals surface area contributed by atoms with Crippen molar-refractivity contribution in [2.75, 3.05) is 24.7 Å². The van der Waals surface area contributed by atoms with Crippen LogP contribution in [0.3, 0.4) is 0 Å². The van der Waals surface area contributed by atoms with Gasteiger partial charge in [-0.3, -0.25) is 4.79 Å². The third-order valence-electron chi connectivity index (χ3n) is 4.32. The molecule has 1 N–H and O–H groups in total. The number of aryl methyl sites for hydroxylation is 1. The number of rotatable bonds is 6. The first-order valence-electron chi connectivity index (χ1n) is 8.56. The molecule has 0 spiro atoms. The average molecular weight is 383 g/mol. The van der Waals surface area contributed by atoms with Gasteiger partial charge < -0.3 is 14.7 Å². The van der Waals surface area contributed by atoms with Crippen molar-refractivity contribution in [2.45, 2.75) is 33.2 Å². The van der Waals surface area contributed by atoms with E-state index in [0.29, 0.717) is 18.5 Å². The van der Waals surface area contributed by atoms with Crippen molar-refractivity contribution in [3.8, 4) is 5.75 Å². The van der Waals surface area contributed by atoms with Crippen LogP contribution in [-0.4, -0.2) is 61.0 Å². The third kappa shape index (κ3) is 4.97. The fraction of sp³-hybridized carbons (Fsp3) is 0.556. The number of hydrogen-bond acceptors (Lipinski definition) is 6. The van der Waals surface area contributed by atoms with Crippen molar-refractivity contribution in [3.63, 3.8) is 0 Å². The number of nitrogens with zero attached hydrogens (tertiary/aromatic N) is 1. The zero-order chi connectivity index (χ0) is 19.5. The molecular weight excluding hydrogens is 358 g/mol. The van der Waals surface area contributed by atoms with Gasteiger partial charge in [0.1, 0.15) is 11.3 Å². The zero-order valence-corrected chi connectivity index (χ0v) is 16.1. The molecule has 0 radical (unpaired) electrons. The Morgan fingerprint density at radius 2 is 2.04 bits per heavy atom. The maximum absolute atomic E-state index is 12.6. The van der Waals surface area contributed by atoms with Crippen molar-refractivity contribution in [2.24, 2.45) is 5.92 Å². The molecule has 26 heavy (non-hydrogen) atoms. The molecule has 1 heterocycles. The Kier molecular flexibility index (Phi) is 6.28. The Balaban J connectivity index is 2.05. The number of amides is 1. The predicted molar refractivity (Wildman–Crippen MR) is 96.7 cm³/mol. The molecule has 0 aromatic heterocycles. The Hall–Kier alpha value is -2.09. The van der Waals surface area contributed by atoms with Gasteiger partial charge in [-0.15, -0.1) is 0 Å². The van der Waals surface area contributed by atoms with E-state index in [-0.39, 0.29) is 34.8 Å². The minimum atomic E-state index is -3.13. The summed E-state index contributed by atoms with van der Waals surface area (Å²) in [5, 5.41) is 9.93. The quantitative estimate of drug-likeness (QED) is 0.748. The van der Waals surface area contributed by atoms with Crippen LogP contribution in [0.4, 0.5) is 0 Å². The summed E-state index contributed by atoms with van der Waals surface area (Å²) in [5.41, 5.74) is 0.528. The van der Waals surface area contributed by atoms with E-state index in [1.54, 1.807) is 19.1 Å². The number of para-hydroxylation sites is 1. The van der Waals surface area contributed by atoms with Gasteiger partial charge in [-0.05, 0) is 30.9 Å². The molecule has 1 saturated heterocycles. The normalized spacial score (nSPS) is 18.7. The van der Waals surface area contributed by atoms with Gasteiger partial charge in [0.2, 0.25) is 0 Å². The van der Waals surface area contributed by atoms with Crippen molar-refractivity contribution >= 4 is 21.7 Å². The number of ether oxygens (including phenoxy) is 1. The second-order valence-corrected chi connectivity index (χ2v) is 9.27. The van der Waals surface area contributed by atoms with Crippen LogP contribution in [0, 0.1) is 12.8 Å². The van der Waals surface area contributed by atoms with Crippen LogP contribution in [0.15, 0.2) is 18.2 Å². The molecule has 1 amide bonds. The molecule has 0 unspecified atom stereocenters. The largest absolute Gasteiger partial charge is 0.507 e. The van der Waals surface area contributed by atoms with Gasteiger partial charge in [-0.25, -0.2) is 13.2 Å². The van der Waals surface area contributed by atoms with Gasteiger partial charge in [-0.2, -0.15) is 0 Å². The molecule has 2 rings (SSSR count). The maximum atomic E-state index is 12.6. The molecule has 0 saturated carbocycles. The lowest BCUT2D eigenvalue weighted by atomic mass is 10.1. The molecular formula is C18H25NO6S. The number of esters is 1. The number of carbonyl (C=O) groups is 2. The van der Waals surface area contributed by atoms with Crippen molar-refractivity contribution in [3.05, 3.63) is 29.3 Å². The number of phenolic OH excluding ortho intramolecular Hbond substituents is 1. The van der Waals surface area contributed by atoms with E-state index in [9.17, 15) is 23.1 Å². The summed E-state index contributed by atoms with van der Waals surface area (Å²) < 4.78 is 28.5. The highest BCUT2D eigenvalue weighted by atomic mass is 32.2. The standard InChI is InChI=1S/C18H25NO6S/c1-12(2)9-19(14-7-8-26(23,24)11-14)16(20)10-25-18(22)15-6-4-5-13(3)17(15)21/h4-6,12,14,21H,7-11H2,1-3H3/t14-/m0/s1. The lowest BCUT2D eigenvalue weighted by molar-refractivity contribution is -0.137. The van der Waals surface area contributed by atoms with Gasteiger partial charge in [0.15, 0.2) is 16.4 Å². The number of aromatic hydroxyl groups is 1. The first-order chi connectivity index (χ1) is 12.1. The van der Waals surface area contributed by atoms with E-state index < -0.39 is 28.3 Å². The fourth-order valence-electron chi connectivity index (χ4n) is 2.98. The summed E-state index contributed by atoms with van der Waals surface area (Å²) in [5.74, 6) is -1.23. The van der Waals surface area contributed by atoms with Crippen molar-refractivity contribution < 1.29 is 27.9 Å². The molecule has 144 valence electrons. The molecule has 1 aromatic rings. The summed E-state index contributed by atoms with van der Waals surface area (Å²) in [4.78, 5) is 26.2. The molecule has 1 aliphatic heterocycles. The monoisotopic (exact) mass is 383 g/mol. The maximum Gasteiger partial charge on any atom is 0.342 e. The highest BCUT2D eigenvalue weighted by Crippen LogP contribution is 2.23. The second-order valence-electron chi connectivity index (χ2n) is 7.04.